The van der Waals surface area contributed by atoms with Crippen LogP contribution < -0.4 is 0 Å². The van der Waals surface area contributed by atoms with Crippen LogP contribution in [0.2, 0.25) is 0 Å². The quantitative estimate of drug-likeness (QED) is 0.601. The summed E-state index contributed by atoms with van der Waals surface area (Å²) < 4.78 is 0. The van der Waals surface area contributed by atoms with Crippen LogP contribution in [-0.4, -0.2) is 10.2 Å². The minimum Gasteiger partial charge on any atom is -0.507 e. The first kappa shape index (κ1) is 11.7. The zero-order valence-electron chi connectivity index (χ0n) is 11.1. The van der Waals surface area contributed by atoms with Crippen LogP contribution in [0.15, 0.2) is 42.5 Å². The van der Waals surface area contributed by atoms with Crippen molar-refractivity contribution in [1.82, 2.24) is 0 Å². The molecule has 4 rings (SSSR count). The summed E-state index contributed by atoms with van der Waals surface area (Å²) in [5, 5.41) is 24.8. The minimum absolute atomic E-state index is 0.324. The first-order valence-corrected chi connectivity index (χ1v) is 7.10. The predicted octanol–water partition coefficient (Wildman–Crippen LogP) is 4.07. The summed E-state index contributed by atoms with van der Waals surface area (Å²) in [5.74, 6) is 0.324. The molecular weight excluding hydrogens is 248 g/mol. The maximum atomic E-state index is 10.4. The van der Waals surface area contributed by atoms with Crippen LogP contribution in [0, 0.1) is 0 Å². The van der Waals surface area contributed by atoms with Gasteiger partial charge in [-0.25, -0.2) is 0 Å². The van der Waals surface area contributed by atoms with Gasteiger partial charge in [0.05, 0.1) is 6.10 Å². The molecule has 2 N–H and O–H groups in total. The fourth-order valence-corrected chi connectivity index (χ4v) is 3.48. The average Bonchev–Trinajstić information content (AvgIpc) is 2.47. The van der Waals surface area contributed by atoms with Crippen LogP contribution in [-0.2, 0) is 6.42 Å². The van der Waals surface area contributed by atoms with Crippen LogP contribution in [0.4, 0.5) is 0 Å². The Labute approximate surface area is 117 Å². The highest BCUT2D eigenvalue weighted by Gasteiger charge is 2.21. The third-order valence-electron chi connectivity index (χ3n) is 4.41. The van der Waals surface area contributed by atoms with Gasteiger partial charge in [0.15, 0.2) is 0 Å². The lowest BCUT2D eigenvalue weighted by Crippen LogP contribution is -2.09. The maximum Gasteiger partial charge on any atom is 0.124 e. The summed E-state index contributed by atoms with van der Waals surface area (Å²) in [4.78, 5) is 0. The molecule has 3 aromatic rings. The largest absolute Gasteiger partial charge is 0.507 e. The molecule has 0 fully saturated rings. The molecule has 0 saturated carbocycles. The predicted molar refractivity (Wildman–Crippen MR) is 81.0 cm³/mol. The molecule has 1 aliphatic carbocycles. The lowest BCUT2D eigenvalue weighted by atomic mass is 9.84. The molecule has 1 aliphatic rings. The van der Waals surface area contributed by atoms with Crippen molar-refractivity contribution in [1.29, 1.82) is 0 Å². The van der Waals surface area contributed by atoms with Crippen molar-refractivity contribution < 1.29 is 10.2 Å². The summed E-state index contributed by atoms with van der Waals surface area (Å²) in [6, 6.07) is 14.0. The normalized spacial score (nSPS) is 18.4. The van der Waals surface area contributed by atoms with Crippen LogP contribution in [0.1, 0.15) is 30.1 Å². The molecule has 0 saturated heterocycles. The Bertz CT molecular complexity index is 820. The smallest absolute Gasteiger partial charge is 0.124 e. The van der Waals surface area contributed by atoms with E-state index in [4.69, 9.17) is 0 Å². The standard InChI is InChI=1S/C18H16O2/c19-16-7-3-6-14-13(16)8-9-15-12-5-2-1-4-11(12)10-17(20)18(14)15/h1-2,4-5,8-10,16,19-20H,3,6-7H2. The molecule has 3 aromatic carbocycles. The number of aromatic hydroxyl groups is 1. The van der Waals surface area contributed by atoms with Crippen molar-refractivity contribution >= 4 is 21.5 Å². The molecule has 0 bridgehead atoms. The maximum absolute atomic E-state index is 10.4. The number of phenols is 1. The summed E-state index contributed by atoms with van der Waals surface area (Å²) >= 11 is 0. The van der Waals surface area contributed by atoms with E-state index in [2.05, 4.69) is 6.07 Å². The lowest BCUT2D eigenvalue weighted by molar-refractivity contribution is 0.157. The average molecular weight is 264 g/mol. The molecule has 20 heavy (non-hydrogen) atoms. The van der Waals surface area contributed by atoms with Crippen LogP contribution >= 0.6 is 0 Å². The summed E-state index contributed by atoms with van der Waals surface area (Å²) in [5.41, 5.74) is 2.10. The highest BCUT2D eigenvalue weighted by Crippen LogP contribution is 2.41. The van der Waals surface area contributed by atoms with E-state index in [-0.39, 0.29) is 0 Å². The second-order valence-electron chi connectivity index (χ2n) is 5.58. The number of phenolic OH excluding ortho intramolecular Hbond substituents is 1. The van der Waals surface area contributed by atoms with E-state index in [0.717, 1.165) is 51.9 Å². The van der Waals surface area contributed by atoms with Crippen LogP contribution in [0.3, 0.4) is 0 Å². The molecule has 100 valence electrons. The van der Waals surface area contributed by atoms with E-state index in [1.54, 1.807) is 0 Å². The first-order chi connectivity index (χ1) is 9.75. The Morgan fingerprint density at radius 2 is 1.85 bits per heavy atom. The van der Waals surface area contributed by atoms with Gasteiger partial charge in [0.2, 0.25) is 0 Å². The molecule has 0 radical (unpaired) electrons. The van der Waals surface area contributed by atoms with Gasteiger partial charge in [0.1, 0.15) is 5.75 Å². The highest BCUT2D eigenvalue weighted by molar-refractivity contribution is 6.11. The van der Waals surface area contributed by atoms with E-state index in [9.17, 15) is 10.2 Å². The number of aryl methyl sites for hydroxylation is 1. The number of hydrogen-bond acceptors (Lipinski definition) is 2. The zero-order valence-corrected chi connectivity index (χ0v) is 11.1. The third-order valence-corrected chi connectivity index (χ3v) is 4.41. The van der Waals surface area contributed by atoms with Gasteiger partial charge in [-0.3, -0.25) is 0 Å². The molecule has 0 aromatic heterocycles. The van der Waals surface area contributed by atoms with Crippen LogP contribution in [0.5, 0.6) is 5.75 Å². The van der Waals surface area contributed by atoms with E-state index >= 15 is 0 Å². The second kappa shape index (κ2) is 4.22. The molecule has 2 nitrogen and oxygen atoms in total. The van der Waals surface area contributed by atoms with Gasteiger partial charge in [-0.1, -0.05) is 36.4 Å². The van der Waals surface area contributed by atoms with Crippen molar-refractivity contribution in [3.05, 3.63) is 53.6 Å². The molecule has 0 amide bonds. The highest BCUT2D eigenvalue weighted by atomic mass is 16.3. The molecule has 0 aliphatic heterocycles. The summed E-state index contributed by atoms with van der Waals surface area (Å²) in [6.07, 6.45) is 2.32. The van der Waals surface area contributed by atoms with Crippen molar-refractivity contribution in [3.8, 4) is 5.75 Å². The topological polar surface area (TPSA) is 40.5 Å². The number of rotatable bonds is 0. The van der Waals surface area contributed by atoms with Gasteiger partial charge in [-0.15, -0.1) is 0 Å². The Morgan fingerprint density at radius 1 is 1.00 bits per heavy atom. The van der Waals surface area contributed by atoms with E-state index in [1.807, 2.05) is 36.4 Å². The van der Waals surface area contributed by atoms with Gasteiger partial charge in [-0.05, 0) is 52.6 Å². The van der Waals surface area contributed by atoms with Gasteiger partial charge >= 0.3 is 0 Å². The van der Waals surface area contributed by atoms with Crippen molar-refractivity contribution in [2.45, 2.75) is 25.4 Å². The third kappa shape index (κ3) is 1.55. The Kier molecular flexibility index (Phi) is 2.48. The van der Waals surface area contributed by atoms with Crippen molar-refractivity contribution in [2.75, 3.05) is 0 Å². The molecule has 2 heteroatoms. The summed E-state index contributed by atoms with van der Waals surface area (Å²) in [6.45, 7) is 0. The monoisotopic (exact) mass is 264 g/mol. The van der Waals surface area contributed by atoms with Crippen molar-refractivity contribution in [3.63, 3.8) is 0 Å². The minimum atomic E-state index is -0.394. The van der Waals surface area contributed by atoms with Crippen molar-refractivity contribution in [2.24, 2.45) is 0 Å². The molecule has 0 heterocycles. The summed E-state index contributed by atoms with van der Waals surface area (Å²) in [7, 11) is 0. The molecule has 0 spiro atoms. The number of aliphatic hydroxyl groups excluding tert-OH is 1. The van der Waals surface area contributed by atoms with Gasteiger partial charge in [0.25, 0.3) is 0 Å². The molecule has 1 atom stereocenters. The van der Waals surface area contributed by atoms with Gasteiger partial charge in [-0.2, -0.15) is 0 Å². The Balaban J connectivity index is 2.18. The van der Waals surface area contributed by atoms with E-state index in [0.29, 0.717) is 5.75 Å². The van der Waals surface area contributed by atoms with E-state index < -0.39 is 6.10 Å². The number of benzene rings is 3. The Hall–Kier alpha value is -2.06. The fraction of sp³-hybridized carbons (Fsp3) is 0.222. The molecule has 1 unspecified atom stereocenters. The molecular formula is C18H16O2. The van der Waals surface area contributed by atoms with E-state index in [1.165, 1.54) is 0 Å². The lowest BCUT2D eigenvalue weighted by Gasteiger charge is -2.23. The Morgan fingerprint density at radius 3 is 2.75 bits per heavy atom. The van der Waals surface area contributed by atoms with Gasteiger partial charge in [0, 0.05) is 5.39 Å². The number of fused-ring (bicyclic) bond motifs is 5. The first-order valence-electron chi connectivity index (χ1n) is 7.10. The fourth-order valence-electron chi connectivity index (χ4n) is 3.48. The zero-order chi connectivity index (χ0) is 13.7. The van der Waals surface area contributed by atoms with Crippen LogP contribution in [0.25, 0.3) is 21.5 Å². The number of aliphatic hydroxyl groups is 1. The van der Waals surface area contributed by atoms with Gasteiger partial charge < -0.3 is 10.2 Å². The SMILES string of the molecule is Oc1cc2ccccc2c2ccc3c(c12)CCCC3O. The number of hydrogen-bond donors (Lipinski definition) is 2. The second-order valence-corrected chi connectivity index (χ2v) is 5.58.